The van der Waals surface area contributed by atoms with Crippen molar-refractivity contribution >= 4 is 27.6 Å². The van der Waals surface area contributed by atoms with Gasteiger partial charge in [-0.15, -0.1) is 0 Å². The van der Waals surface area contributed by atoms with E-state index in [1.807, 2.05) is 32.0 Å². The number of benzene rings is 2. The summed E-state index contributed by atoms with van der Waals surface area (Å²) in [6, 6.07) is 12.8. The van der Waals surface area contributed by atoms with Crippen LogP contribution in [0.1, 0.15) is 45.1 Å². The topological polar surface area (TPSA) is 167 Å². The Morgan fingerprint density at radius 1 is 1.05 bits per heavy atom. The van der Waals surface area contributed by atoms with E-state index in [1.54, 1.807) is 12.1 Å². The normalized spacial score (nSPS) is 13.3. The van der Waals surface area contributed by atoms with E-state index in [1.165, 1.54) is 0 Å². The van der Waals surface area contributed by atoms with Gasteiger partial charge in [-0.3, -0.25) is 19.7 Å². The molecule has 208 valence electrons. The number of carbonyl (C=O) groups excluding carboxylic acids is 1. The van der Waals surface area contributed by atoms with Crippen molar-refractivity contribution in [1.29, 1.82) is 0 Å². The molecule has 0 aromatic heterocycles. The molecule has 0 radical (unpaired) electrons. The molecule has 38 heavy (non-hydrogen) atoms. The van der Waals surface area contributed by atoms with Crippen LogP contribution in [-0.2, 0) is 26.0 Å². The summed E-state index contributed by atoms with van der Waals surface area (Å²) >= 11 is 0. The quantitative estimate of drug-likeness (QED) is 0.212. The number of nitrogens with zero attached hydrogens (tertiary/aromatic N) is 2. The zero-order chi connectivity index (χ0) is 28.3. The van der Waals surface area contributed by atoms with Crippen LogP contribution in [0.5, 0.6) is 0 Å². The van der Waals surface area contributed by atoms with Gasteiger partial charge < -0.3 is 15.5 Å². The number of carboxylic acids is 1. The van der Waals surface area contributed by atoms with E-state index in [4.69, 9.17) is 5.11 Å². The Hall–Kier alpha value is -3.35. The number of sulfonamides is 1. The second-order valence-electron chi connectivity index (χ2n) is 9.47. The number of nitro groups is 1. The summed E-state index contributed by atoms with van der Waals surface area (Å²) in [6.07, 6.45) is -0.659. The highest BCUT2D eigenvalue weighted by Crippen LogP contribution is 2.22. The second kappa shape index (κ2) is 14.6. The standard InChI is InChI=1S/C26H35N3O8S/c1-19(2)15-16-28(38(36,37)22-13-11-21(12-14-22)29(34)35)18-24(30)23(17-20-7-4-3-5-8-20)27-25(31)9-6-10-26(32)33/h3-5,7-8,11-14,19,23-24,30H,6,9-10,15-18H2,1-2H3,(H,27,31)(H,32,33)/t23-,24?/m0/s1. The minimum absolute atomic E-state index is 0.0531. The molecule has 0 saturated carbocycles. The van der Waals surface area contributed by atoms with Crippen molar-refractivity contribution in [3.63, 3.8) is 0 Å². The highest BCUT2D eigenvalue weighted by atomic mass is 32.2. The van der Waals surface area contributed by atoms with E-state index in [0.29, 0.717) is 6.42 Å². The van der Waals surface area contributed by atoms with E-state index in [-0.39, 0.29) is 55.3 Å². The lowest BCUT2D eigenvalue weighted by molar-refractivity contribution is -0.384. The van der Waals surface area contributed by atoms with Gasteiger partial charge in [-0.1, -0.05) is 44.2 Å². The molecule has 2 rings (SSSR count). The number of hydrogen-bond acceptors (Lipinski definition) is 7. The molecule has 0 heterocycles. The lowest BCUT2D eigenvalue weighted by Gasteiger charge is -2.30. The number of aliphatic hydroxyl groups is 1. The van der Waals surface area contributed by atoms with Crippen LogP contribution in [-0.4, -0.2) is 65.0 Å². The Labute approximate surface area is 222 Å². The average molecular weight is 550 g/mol. The van der Waals surface area contributed by atoms with Gasteiger partial charge in [-0.25, -0.2) is 8.42 Å². The number of aliphatic carboxylic acids is 1. The summed E-state index contributed by atoms with van der Waals surface area (Å²) in [5, 5.41) is 33.7. The lowest BCUT2D eigenvalue weighted by atomic mass is 10.0. The van der Waals surface area contributed by atoms with Gasteiger partial charge in [0, 0.05) is 38.1 Å². The van der Waals surface area contributed by atoms with Gasteiger partial charge >= 0.3 is 5.97 Å². The Bertz CT molecular complexity index is 1170. The number of rotatable bonds is 16. The van der Waals surface area contributed by atoms with Crippen LogP contribution in [0.4, 0.5) is 5.69 Å². The molecule has 12 heteroatoms. The Morgan fingerprint density at radius 3 is 2.24 bits per heavy atom. The van der Waals surface area contributed by atoms with Crippen LogP contribution in [0.3, 0.4) is 0 Å². The number of nitro benzene ring substituents is 1. The molecule has 11 nitrogen and oxygen atoms in total. The van der Waals surface area contributed by atoms with E-state index in [0.717, 1.165) is 34.1 Å². The average Bonchev–Trinajstić information content (AvgIpc) is 2.86. The third-order valence-corrected chi connectivity index (χ3v) is 7.81. The molecule has 2 aromatic rings. The Kier molecular flexibility index (Phi) is 11.8. The fourth-order valence-electron chi connectivity index (χ4n) is 3.77. The van der Waals surface area contributed by atoms with Gasteiger partial charge in [0.2, 0.25) is 15.9 Å². The fourth-order valence-corrected chi connectivity index (χ4v) is 5.24. The number of aliphatic hydroxyl groups excluding tert-OH is 1. The molecule has 2 aromatic carbocycles. The molecule has 1 amide bonds. The molecule has 0 aliphatic carbocycles. The van der Waals surface area contributed by atoms with Gasteiger partial charge in [0.15, 0.2) is 0 Å². The Morgan fingerprint density at radius 2 is 1.68 bits per heavy atom. The second-order valence-corrected chi connectivity index (χ2v) is 11.4. The summed E-state index contributed by atoms with van der Waals surface area (Å²) in [7, 11) is -4.12. The molecule has 0 aliphatic heterocycles. The predicted octanol–water partition coefficient (Wildman–Crippen LogP) is 2.97. The first-order chi connectivity index (χ1) is 17.9. The van der Waals surface area contributed by atoms with Crippen molar-refractivity contribution < 1.29 is 33.1 Å². The smallest absolute Gasteiger partial charge is 0.303 e. The van der Waals surface area contributed by atoms with Gasteiger partial charge in [0.25, 0.3) is 5.69 Å². The van der Waals surface area contributed by atoms with E-state index in [2.05, 4.69) is 5.32 Å². The molecule has 1 unspecified atom stereocenters. The number of non-ortho nitro benzene ring substituents is 1. The maximum absolute atomic E-state index is 13.5. The zero-order valence-corrected chi connectivity index (χ0v) is 22.3. The monoisotopic (exact) mass is 549 g/mol. The first-order valence-electron chi connectivity index (χ1n) is 12.4. The maximum atomic E-state index is 13.5. The highest BCUT2D eigenvalue weighted by molar-refractivity contribution is 7.89. The van der Waals surface area contributed by atoms with Crippen LogP contribution in [0.15, 0.2) is 59.5 Å². The number of hydrogen-bond donors (Lipinski definition) is 3. The van der Waals surface area contributed by atoms with Gasteiger partial charge in [-0.2, -0.15) is 4.31 Å². The summed E-state index contributed by atoms with van der Waals surface area (Å²) < 4.78 is 28.1. The third kappa shape index (κ3) is 9.84. The van der Waals surface area contributed by atoms with Crippen LogP contribution in [0.2, 0.25) is 0 Å². The van der Waals surface area contributed by atoms with E-state index < -0.39 is 39.0 Å². The third-order valence-electron chi connectivity index (χ3n) is 5.94. The van der Waals surface area contributed by atoms with E-state index in [9.17, 15) is 33.2 Å². The largest absolute Gasteiger partial charge is 0.481 e. The predicted molar refractivity (Wildman–Crippen MR) is 141 cm³/mol. The first kappa shape index (κ1) is 30.9. The zero-order valence-electron chi connectivity index (χ0n) is 21.5. The van der Waals surface area contributed by atoms with Crippen molar-refractivity contribution in [2.24, 2.45) is 5.92 Å². The fraction of sp³-hybridized carbons (Fsp3) is 0.462. The van der Waals surface area contributed by atoms with Gasteiger partial charge in [0.1, 0.15) is 0 Å². The van der Waals surface area contributed by atoms with Gasteiger partial charge in [-0.05, 0) is 42.9 Å². The highest BCUT2D eigenvalue weighted by Gasteiger charge is 2.31. The lowest BCUT2D eigenvalue weighted by Crippen LogP contribution is -2.50. The molecule has 0 spiro atoms. The van der Waals surface area contributed by atoms with Crippen molar-refractivity contribution in [3.8, 4) is 0 Å². The minimum Gasteiger partial charge on any atom is -0.481 e. The number of carboxylic acid groups (broad SMARTS) is 1. The molecular formula is C26H35N3O8S. The van der Waals surface area contributed by atoms with Gasteiger partial charge in [0.05, 0.1) is 22.0 Å². The van der Waals surface area contributed by atoms with Crippen molar-refractivity contribution in [1.82, 2.24) is 9.62 Å². The molecule has 3 N–H and O–H groups in total. The molecule has 0 fully saturated rings. The van der Waals surface area contributed by atoms with Crippen molar-refractivity contribution in [2.45, 2.75) is 63.0 Å². The van der Waals surface area contributed by atoms with Crippen LogP contribution >= 0.6 is 0 Å². The SMILES string of the molecule is CC(C)CCN(CC(O)[C@H](Cc1ccccc1)NC(=O)CCCC(=O)O)S(=O)(=O)c1ccc([N+](=O)[O-])cc1. The minimum atomic E-state index is -4.12. The number of amides is 1. The van der Waals surface area contributed by atoms with E-state index >= 15 is 0 Å². The summed E-state index contributed by atoms with van der Waals surface area (Å²) in [5.41, 5.74) is 0.570. The summed E-state index contributed by atoms with van der Waals surface area (Å²) in [4.78, 5) is 33.5. The van der Waals surface area contributed by atoms with Crippen molar-refractivity contribution in [2.75, 3.05) is 13.1 Å². The molecule has 0 bridgehead atoms. The number of nitrogens with one attached hydrogen (secondary N) is 1. The summed E-state index contributed by atoms with van der Waals surface area (Å²) in [5.74, 6) is -1.30. The number of carbonyl (C=O) groups is 2. The first-order valence-corrected chi connectivity index (χ1v) is 13.8. The molecule has 0 saturated heterocycles. The van der Waals surface area contributed by atoms with Crippen LogP contribution in [0.25, 0.3) is 0 Å². The van der Waals surface area contributed by atoms with Crippen molar-refractivity contribution in [3.05, 3.63) is 70.3 Å². The molecule has 2 atom stereocenters. The Balaban J connectivity index is 2.29. The molecular weight excluding hydrogens is 514 g/mol. The van der Waals surface area contributed by atoms with Crippen LogP contribution < -0.4 is 5.32 Å². The molecule has 0 aliphatic rings. The maximum Gasteiger partial charge on any atom is 0.303 e. The van der Waals surface area contributed by atoms with Crippen LogP contribution in [0, 0.1) is 16.0 Å². The summed E-state index contributed by atoms with van der Waals surface area (Å²) in [6.45, 7) is 3.64.